The Labute approximate surface area is 454 Å². The Morgan fingerprint density at radius 1 is 0.320 bits per heavy atom. The summed E-state index contributed by atoms with van der Waals surface area (Å²) in [7, 11) is 3.04. The third kappa shape index (κ3) is 10.4. The van der Waals surface area contributed by atoms with Crippen molar-refractivity contribution in [2.45, 2.75) is 0 Å². The molecule has 0 aliphatic carbocycles. The van der Waals surface area contributed by atoms with Crippen LogP contribution in [0.3, 0.4) is 0 Å². The van der Waals surface area contributed by atoms with E-state index in [-0.39, 0.29) is 19.8 Å². The molecule has 10 aromatic carbocycles. The largest absolute Gasteiger partial charge is 2.00 e. The first-order valence-electron chi connectivity index (χ1n) is 25.0. The molecule has 0 fully saturated rings. The smallest absolute Gasteiger partial charge is 0.313 e. The van der Waals surface area contributed by atoms with Crippen molar-refractivity contribution in [3.8, 4) is 11.9 Å². The van der Waals surface area contributed by atoms with Gasteiger partial charge in [-0.15, -0.1) is 10.8 Å². The molecule has 0 saturated heterocycles. The van der Waals surface area contributed by atoms with E-state index < -0.39 is 15.8 Å². The van der Waals surface area contributed by atoms with E-state index in [0.29, 0.717) is 0 Å². The normalized spacial score (nSPS) is 11.1. The van der Waals surface area contributed by atoms with Gasteiger partial charge in [0.15, 0.2) is 0 Å². The molecular weight excluding hydrogens is 1130 g/mol. The molecule has 4 heterocycles. The van der Waals surface area contributed by atoms with Gasteiger partial charge in [-0.1, -0.05) is 144 Å². The molecule has 0 spiro atoms. The van der Waals surface area contributed by atoms with Gasteiger partial charge in [0.05, 0.1) is 72.5 Å². The van der Waals surface area contributed by atoms with Gasteiger partial charge in [-0.25, -0.2) is 9.97 Å². The zero-order valence-corrected chi connectivity index (χ0v) is 46.8. The molecule has 9 heteroatoms. The average molecular weight is 1190 g/mol. The van der Waals surface area contributed by atoms with E-state index >= 15 is 0 Å². The second kappa shape index (κ2) is 23.2. The first kappa shape index (κ1) is 50.8. The van der Waals surface area contributed by atoms with Crippen LogP contribution in [0.5, 0.6) is 0 Å². The molecule has 0 saturated carbocycles. The van der Waals surface area contributed by atoms with Crippen molar-refractivity contribution in [2.75, 3.05) is 13.3 Å². The number of para-hydroxylation sites is 8. The minimum Gasteiger partial charge on any atom is -0.313 e. The topological polar surface area (TPSA) is 45.5 Å². The standard InChI is InChI=1S/2C20H14N3.2C13H13P.Os/c2*1-22-19-13-7-4-10-16(19)21-20(22)23-17-11-5-2-8-14(17)15-9-3-6-12-18(15)23;2*1-14(12-8-4-2-5-9-12)13-10-6-3-7-11-13;/h2*2-11,13H,1H3;2*2-11H,1H3;/q2*-1;;;+2/p+2. The number of benzene rings is 10. The minimum atomic E-state index is -0.545. The second-order valence-corrected chi connectivity index (χ2v) is 23.0. The number of rotatable bonds is 6. The van der Waals surface area contributed by atoms with E-state index in [1.807, 2.05) is 48.5 Å². The molecule has 0 unspecified atom stereocenters. The number of fused-ring (bicyclic) bond motifs is 8. The van der Waals surface area contributed by atoms with E-state index in [1.165, 1.54) is 42.8 Å². The molecule has 366 valence electrons. The molecule has 14 aromatic rings. The molecule has 6 nitrogen and oxygen atoms in total. The molecule has 0 amide bonds. The first-order chi connectivity index (χ1) is 36.4. The van der Waals surface area contributed by atoms with E-state index in [2.05, 4.69) is 264 Å². The Morgan fingerprint density at radius 3 is 0.933 bits per heavy atom. The van der Waals surface area contributed by atoms with Crippen molar-refractivity contribution >= 4 is 103 Å². The van der Waals surface area contributed by atoms with Crippen molar-refractivity contribution in [3.63, 3.8) is 0 Å². The summed E-state index contributed by atoms with van der Waals surface area (Å²) in [6.07, 6.45) is 0. The fourth-order valence-corrected chi connectivity index (χ4v) is 13.3. The van der Waals surface area contributed by atoms with Crippen molar-refractivity contribution < 1.29 is 19.8 Å². The number of imidazole rings is 2. The predicted molar refractivity (Wildman–Crippen MR) is 321 cm³/mol. The zero-order valence-electron chi connectivity index (χ0n) is 42.3. The molecule has 0 aliphatic heterocycles. The Morgan fingerprint density at radius 2 is 0.600 bits per heavy atom. The van der Waals surface area contributed by atoms with Crippen molar-refractivity contribution in [3.05, 3.63) is 267 Å². The summed E-state index contributed by atoms with van der Waals surface area (Å²) >= 11 is 0. The quantitative estimate of drug-likeness (QED) is 0.123. The number of aryl methyl sites for hydroxylation is 2. The maximum absolute atomic E-state index is 4.86. The van der Waals surface area contributed by atoms with Crippen LogP contribution in [0, 0.1) is 12.1 Å². The second-order valence-electron chi connectivity index (χ2n) is 18.2. The Hall–Kier alpha value is -7.76. The molecule has 0 N–H and O–H groups in total. The van der Waals surface area contributed by atoms with Crippen LogP contribution < -0.4 is 21.2 Å². The van der Waals surface area contributed by atoms with E-state index in [9.17, 15) is 0 Å². The third-order valence-corrected chi connectivity index (χ3v) is 18.5. The van der Waals surface area contributed by atoms with Gasteiger partial charge in [-0.2, -0.15) is 48.5 Å². The van der Waals surface area contributed by atoms with Crippen LogP contribution in [0.2, 0.25) is 0 Å². The maximum Gasteiger partial charge on any atom is 2.00 e. The summed E-state index contributed by atoms with van der Waals surface area (Å²) in [5, 5.41) is 10.8. The molecule has 0 bridgehead atoms. The van der Waals surface area contributed by atoms with Crippen LogP contribution in [0.25, 0.3) is 77.6 Å². The van der Waals surface area contributed by atoms with Crippen LogP contribution in [0.1, 0.15) is 0 Å². The van der Waals surface area contributed by atoms with Gasteiger partial charge in [0.2, 0.25) is 11.9 Å². The summed E-state index contributed by atoms with van der Waals surface area (Å²) in [5.74, 6) is 1.83. The Bertz CT molecular complexity index is 3690. The molecule has 0 aliphatic rings. The van der Waals surface area contributed by atoms with Gasteiger partial charge in [0.25, 0.3) is 0 Å². The average Bonchev–Trinajstić information content (AvgIpc) is 4.21. The van der Waals surface area contributed by atoms with Gasteiger partial charge in [0.1, 0.15) is 0 Å². The summed E-state index contributed by atoms with van der Waals surface area (Å²) in [6.45, 7) is 4.69. The van der Waals surface area contributed by atoms with E-state index in [0.717, 1.165) is 56.0 Å². The summed E-state index contributed by atoms with van der Waals surface area (Å²) in [6, 6.07) is 95.4. The zero-order chi connectivity index (χ0) is 50.4. The van der Waals surface area contributed by atoms with Crippen LogP contribution in [0.15, 0.2) is 255 Å². The maximum atomic E-state index is 4.86. The van der Waals surface area contributed by atoms with Gasteiger partial charge in [-0.3, -0.25) is 0 Å². The fourth-order valence-electron chi connectivity index (χ4n) is 9.86. The molecular formula is C66H56N6OsP2+2. The molecule has 14 rings (SSSR count). The van der Waals surface area contributed by atoms with Crippen molar-refractivity contribution in [2.24, 2.45) is 14.1 Å². The van der Waals surface area contributed by atoms with Crippen LogP contribution in [-0.2, 0) is 33.9 Å². The summed E-state index contributed by atoms with van der Waals surface area (Å²) in [5.41, 5.74) is 8.71. The molecule has 4 aromatic heterocycles. The number of hydrogen-bond donors (Lipinski definition) is 0. The van der Waals surface area contributed by atoms with E-state index in [4.69, 9.17) is 9.97 Å². The van der Waals surface area contributed by atoms with Gasteiger partial charge in [-0.05, 0) is 95.7 Å². The minimum absolute atomic E-state index is 0. The fraction of sp³-hybridized carbons (Fsp3) is 0.0606. The molecule has 0 atom stereocenters. The van der Waals surface area contributed by atoms with Gasteiger partial charge in [0, 0.05) is 25.1 Å². The Balaban J connectivity index is 0.000000117. The monoisotopic (exact) mass is 1190 g/mol. The van der Waals surface area contributed by atoms with Crippen LogP contribution >= 0.6 is 15.8 Å². The summed E-state index contributed by atoms with van der Waals surface area (Å²) in [4.78, 5) is 9.72. The molecule has 75 heavy (non-hydrogen) atoms. The number of aromatic nitrogens is 6. The third-order valence-electron chi connectivity index (χ3n) is 13.7. The number of nitrogens with zero attached hydrogens (tertiary/aromatic N) is 6. The number of hydrogen-bond acceptors (Lipinski definition) is 2. The van der Waals surface area contributed by atoms with E-state index in [1.54, 1.807) is 0 Å². The van der Waals surface area contributed by atoms with Gasteiger partial charge < -0.3 is 18.3 Å². The van der Waals surface area contributed by atoms with Crippen molar-refractivity contribution in [1.82, 2.24) is 28.2 Å². The summed E-state index contributed by atoms with van der Waals surface area (Å²) < 4.78 is 8.68. The predicted octanol–water partition coefficient (Wildman–Crippen LogP) is 13.9. The van der Waals surface area contributed by atoms with Crippen molar-refractivity contribution in [1.29, 1.82) is 0 Å². The molecule has 0 radical (unpaired) electrons. The first-order valence-corrected chi connectivity index (χ1v) is 29.0. The van der Waals surface area contributed by atoms with Crippen LogP contribution in [0.4, 0.5) is 0 Å². The Kier molecular flexibility index (Phi) is 15.7. The van der Waals surface area contributed by atoms with Crippen LogP contribution in [-0.4, -0.2) is 41.6 Å². The SMILES string of the molecule is C[PH+](c1ccccc1)c1ccccc1.C[PH+](c1ccccc1)c1ccccc1.Cn1c(-n2c3[c-]cccc3c3ccccc32)nc2ccccc21.Cn1c(-n2c3[c-]cccc3c3ccccc32)nc2ccccc21.[Os+2]. The van der Waals surface area contributed by atoms with Gasteiger partial charge >= 0.3 is 19.8 Å².